The lowest BCUT2D eigenvalue weighted by Gasteiger charge is -2.14. The van der Waals surface area contributed by atoms with Crippen molar-refractivity contribution in [1.82, 2.24) is 5.32 Å². The van der Waals surface area contributed by atoms with Gasteiger partial charge >= 0.3 is 5.97 Å². The Morgan fingerprint density at radius 2 is 1.91 bits per heavy atom. The average molecular weight is 321 g/mol. The SMILES string of the molecule is Cc1ccc(C(=O)OCC(=O)NC(C)CCCC(C)C)c(O)c1. The summed E-state index contributed by atoms with van der Waals surface area (Å²) in [6.45, 7) is 7.74. The molecule has 1 amide bonds. The highest BCUT2D eigenvalue weighted by molar-refractivity contribution is 5.93. The van der Waals surface area contributed by atoms with Gasteiger partial charge in [-0.25, -0.2) is 4.79 Å². The fourth-order valence-corrected chi connectivity index (χ4v) is 2.24. The van der Waals surface area contributed by atoms with Gasteiger partial charge < -0.3 is 15.2 Å². The lowest BCUT2D eigenvalue weighted by atomic mass is 10.0. The van der Waals surface area contributed by atoms with Crippen molar-refractivity contribution >= 4 is 11.9 Å². The molecular weight excluding hydrogens is 294 g/mol. The second-order valence-electron chi connectivity index (χ2n) is 6.39. The molecule has 0 saturated heterocycles. The van der Waals surface area contributed by atoms with Gasteiger partial charge in [-0.1, -0.05) is 32.8 Å². The van der Waals surface area contributed by atoms with Gasteiger partial charge in [0, 0.05) is 6.04 Å². The number of carbonyl (C=O) groups excluding carboxylic acids is 2. The third kappa shape index (κ3) is 7.17. The van der Waals surface area contributed by atoms with E-state index in [9.17, 15) is 14.7 Å². The quantitative estimate of drug-likeness (QED) is 0.721. The summed E-state index contributed by atoms with van der Waals surface area (Å²) < 4.78 is 4.94. The van der Waals surface area contributed by atoms with Gasteiger partial charge in [-0.15, -0.1) is 0 Å². The summed E-state index contributed by atoms with van der Waals surface area (Å²) in [4.78, 5) is 23.6. The zero-order valence-corrected chi connectivity index (χ0v) is 14.4. The van der Waals surface area contributed by atoms with E-state index < -0.39 is 5.97 Å². The Hall–Kier alpha value is -2.04. The van der Waals surface area contributed by atoms with Crippen LogP contribution < -0.4 is 5.32 Å². The first-order valence-electron chi connectivity index (χ1n) is 8.05. The lowest BCUT2D eigenvalue weighted by Crippen LogP contribution is -2.35. The van der Waals surface area contributed by atoms with Gasteiger partial charge in [0.25, 0.3) is 5.91 Å². The maximum absolute atomic E-state index is 11.9. The van der Waals surface area contributed by atoms with Crippen LogP contribution in [0.2, 0.25) is 0 Å². The van der Waals surface area contributed by atoms with Crippen LogP contribution in [0.15, 0.2) is 18.2 Å². The lowest BCUT2D eigenvalue weighted by molar-refractivity contribution is -0.124. The minimum atomic E-state index is -0.704. The van der Waals surface area contributed by atoms with E-state index in [2.05, 4.69) is 19.2 Å². The van der Waals surface area contributed by atoms with Crippen LogP contribution in [0, 0.1) is 12.8 Å². The molecule has 0 fully saturated rings. The number of aryl methyl sites for hydroxylation is 1. The molecule has 0 heterocycles. The minimum Gasteiger partial charge on any atom is -0.507 e. The molecule has 5 nitrogen and oxygen atoms in total. The third-order valence-corrected chi connectivity index (χ3v) is 3.53. The Bertz CT molecular complexity index is 540. The summed E-state index contributed by atoms with van der Waals surface area (Å²) in [5, 5.41) is 12.5. The van der Waals surface area contributed by atoms with Crippen LogP contribution in [-0.4, -0.2) is 29.6 Å². The highest BCUT2D eigenvalue weighted by atomic mass is 16.5. The number of benzene rings is 1. The van der Waals surface area contributed by atoms with Gasteiger partial charge in [0.15, 0.2) is 6.61 Å². The van der Waals surface area contributed by atoms with Crippen LogP contribution in [0.1, 0.15) is 56.0 Å². The summed E-state index contributed by atoms with van der Waals surface area (Å²) in [5.41, 5.74) is 0.903. The fraction of sp³-hybridized carbons (Fsp3) is 0.556. The molecule has 0 aromatic heterocycles. The van der Waals surface area contributed by atoms with Crippen molar-refractivity contribution < 1.29 is 19.4 Å². The molecular formula is C18H27NO4. The Morgan fingerprint density at radius 3 is 2.52 bits per heavy atom. The monoisotopic (exact) mass is 321 g/mol. The van der Waals surface area contributed by atoms with E-state index in [1.165, 1.54) is 12.1 Å². The number of hydrogen-bond donors (Lipinski definition) is 2. The molecule has 128 valence electrons. The standard InChI is InChI=1S/C18H27NO4/c1-12(2)6-5-7-14(4)19-17(21)11-23-18(22)15-9-8-13(3)10-16(15)20/h8-10,12,14,20H,5-7,11H2,1-4H3,(H,19,21). The molecule has 1 unspecified atom stereocenters. The number of nitrogens with one attached hydrogen (secondary N) is 1. The highest BCUT2D eigenvalue weighted by Gasteiger charge is 2.15. The van der Waals surface area contributed by atoms with Crippen molar-refractivity contribution in [1.29, 1.82) is 0 Å². The Morgan fingerprint density at radius 1 is 1.22 bits per heavy atom. The van der Waals surface area contributed by atoms with Gasteiger partial charge in [-0.3, -0.25) is 4.79 Å². The summed E-state index contributed by atoms with van der Waals surface area (Å²) in [7, 11) is 0. The molecule has 0 radical (unpaired) electrons. The van der Waals surface area contributed by atoms with Gasteiger partial charge in [0.2, 0.25) is 0 Å². The van der Waals surface area contributed by atoms with Gasteiger partial charge in [0.1, 0.15) is 11.3 Å². The van der Waals surface area contributed by atoms with Crippen molar-refractivity contribution in [3.63, 3.8) is 0 Å². The Kier molecular flexibility index (Phi) is 7.59. The number of esters is 1. The Balaban J connectivity index is 2.36. The second kappa shape index (κ2) is 9.18. The molecule has 1 aromatic rings. The third-order valence-electron chi connectivity index (χ3n) is 3.53. The van der Waals surface area contributed by atoms with Crippen molar-refractivity contribution in [2.45, 2.75) is 53.0 Å². The van der Waals surface area contributed by atoms with Gasteiger partial charge in [0.05, 0.1) is 0 Å². The first kappa shape index (κ1) is 19.0. The van der Waals surface area contributed by atoms with Crippen LogP contribution in [0.3, 0.4) is 0 Å². The van der Waals surface area contributed by atoms with E-state index in [1.54, 1.807) is 6.07 Å². The summed E-state index contributed by atoms with van der Waals surface area (Å²) in [6, 6.07) is 4.72. The van der Waals surface area contributed by atoms with E-state index in [4.69, 9.17) is 4.74 Å². The summed E-state index contributed by atoms with van der Waals surface area (Å²) >= 11 is 0. The first-order valence-corrected chi connectivity index (χ1v) is 8.05. The molecule has 0 aliphatic rings. The number of amides is 1. The largest absolute Gasteiger partial charge is 0.507 e. The minimum absolute atomic E-state index is 0.0488. The second-order valence-corrected chi connectivity index (χ2v) is 6.39. The molecule has 23 heavy (non-hydrogen) atoms. The predicted molar refractivity (Wildman–Crippen MR) is 89.4 cm³/mol. The van der Waals surface area contributed by atoms with E-state index in [-0.39, 0.29) is 29.9 Å². The van der Waals surface area contributed by atoms with Crippen LogP contribution in [0.5, 0.6) is 5.75 Å². The Labute approximate surface area is 138 Å². The van der Waals surface area contributed by atoms with E-state index in [0.717, 1.165) is 24.8 Å². The van der Waals surface area contributed by atoms with E-state index in [0.29, 0.717) is 5.92 Å². The molecule has 1 atom stereocenters. The van der Waals surface area contributed by atoms with Crippen molar-refractivity contribution in [2.75, 3.05) is 6.61 Å². The highest BCUT2D eigenvalue weighted by Crippen LogP contribution is 2.19. The molecule has 2 N–H and O–H groups in total. The molecule has 1 aromatic carbocycles. The molecule has 0 aliphatic heterocycles. The van der Waals surface area contributed by atoms with E-state index >= 15 is 0 Å². The number of hydrogen-bond acceptors (Lipinski definition) is 4. The normalized spacial score (nSPS) is 12.0. The zero-order chi connectivity index (χ0) is 17.4. The molecule has 0 aliphatic carbocycles. The number of carbonyl (C=O) groups is 2. The van der Waals surface area contributed by atoms with E-state index in [1.807, 2.05) is 13.8 Å². The van der Waals surface area contributed by atoms with Gasteiger partial charge in [-0.05, 0) is 43.9 Å². The number of ether oxygens (including phenoxy) is 1. The summed E-state index contributed by atoms with van der Waals surface area (Å²) in [5.74, 6) is -0.523. The van der Waals surface area contributed by atoms with Crippen LogP contribution in [0.25, 0.3) is 0 Å². The topological polar surface area (TPSA) is 75.6 Å². The fourth-order valence-electron chi connectivity index (χ4n) is 2.24. The first-order chi connectivity index (χ1) is 10.8. The number of phenols is 1. The van der Waals surface area contributed by atoms with Crippen LogP contribution in [0.4, 0.5) is 0 Å². The smallest absolute Gasteiger partial charge is 0.342 e. The van der Waals surface area contributed by atoms with Gasteiger partial charge in [-0.2, -0.15) is 0 Å². The maximum Gasteiger partial charge on any atom is 0.342 e. The van der Waals surface area contributed by atoms with Crippen molar-refractivity contribution in [2.24, 2.45) is 5.92 Å². The van der Waals surface area contributed by atoms with Crippen molar-refractivity contribution in [3.05, 3.63) is 29.3 Å². The number of phenolic OH excluding ortho intramolecular Hbond substituents is 1. The molecule has 1 rings (SSSR count). The van der Waals surface area contributed by atoms with Crippen molar-refractivity contribution in [3.8, 4) is 5.75 Å². The summed E-state index contributed by atoms with van der Waals surface area (Å²) in [6.07, 6.45) is 3.08. The molecule has 5 heteroatoms. The predicted octanol–water partition coefficient (Wildman–Crippen LogP) is 3.19. The van der Waals surface area contributed by atoms with Crippen LogP contribution >= 0.6 is 0 Å². The molecule has 0 saturated carbocycles. The number of aromatic hydroxyl groups is 1. The maximum atomic E-state index is 11.9. The average Bonchev–Trinajstić information content (AvgIpc) is 2.44. The zero-order valence-electron chi connectivity index (χ0n) is 14.4. The number of rotatable bonds is 8. The molecule has 0 spiro atoms. The van der Waals surface area contributed by atoms with Crippen LogP contribution in [-0.2, 0) is 9.53 Å². The molecule has 0 bridgehead atoms.